The van der Waals surface area contributed by atoms with E-state index in [9.17, 15) is 0 Å². The van der Waals surface area contributed by atoms with Crippen LogP contribution in [0.3, 0.4) is 0 Å². The number of rotatable bonds is 9. The summed E-state index contributed by atoms with van der Waals surface area (Å²) in [6.07, 6.45) is 9.96. The maximum atomic E-state index is 2.54. The first-order chi connectivity index (χ1) is 8.56. The van der Waals surface area contributed by atoms with Gasteiger partial charge in [-0.2, -0.15) is 0 Å². The number of hydrogen-bond acceptors (Lipinski definition) is 0. The highest BCUT2D eigenvalue weighted by atomic mass is 14.7. The van der Waals surface area contributed by atoms with Crippen molar-refractivity contribution in [3.05, 3.63) is 0 Å². The van der Waals surface area contributed by atoms with Gasteiger partial charge < -0.3 is 0 Å². The summed E-state index contributed by atoms with van der Waals surface area (Å²) >= 11 is 0. The molecule has 0 bridgehead atoms. The van der Waals surface area contributed by atoms with Gasteiger partial charge in [0.1, 0.15) is 0 Å². The van der Waals surface area contributed by atoms with Crippen molar-refractivity contribution < 1.29 is 0 Å². The highest BCUT2D eigenvalue weighted by Gasteiger charge is 2.64. The van der Waals surface area contributed by atoms with Gasteiger partial charge in [0, 0.05) is 0 Å². The second-order valence-electron chi connectivity index (χ2n) is 7.04. The van der Waals surface area contributed by atoms with Crippen molar-refractivity contribution in [1.29, 1.82) is 0 Å². The van der Waals surface area contributed by atoms with Crippen LogP contribution in [0.2, 0.25) is 0 Å². The van der Waals surface area contributed by atoms with E-state index >= 15 is 0 Å². The Labute approximate surface area is 116 Å². The van der Waals surface area contributed by atoms with E-state index in [2.05, 4.69) is 41.5 Å². The van der Waals surface area contributed by atoms with Gasteiger partial charge in [0.05, 0.1) is 0 Å². The predicted octanol–water partition coefficient (Wildman–Crippen LogP) is 6.30. The lowest BCUT2D eigenvalue weighted by atomic mass is 9.78. The van der Waals surface area contributed by atoms with Crippen LogP contribution in [-0.4, -0.2) is 0 Å². The van der Waals surface area contributed by atoms with E-state index in [4.69, 9.17) is 0 Å². The lowest BCUT2D eigenvalue weighted by Gasteiger charge is -2.27. The van der Waals surface area contributed by atoms with Crippen LogP contribution in [-0.2, 0) is 0 Å². The highest BCUT2D eigenvalue weighted by molar-refractivity contribution is 5.12. The lowest BCUT2D eigenvalue weighted by Crippen LogP contribution is -2.19. The maximum absolute atomic E-state index is 2.54. The van der Waals surface area contributed by atoms with Crippen molar-refractivity contribution in [1.82, 2.24) is 0 Å². The van der Waals surface area contributed by atoms with E-state index in [0.717, 1.165) is 23.7 Å². The van der Waals surface area contributed by atoms with Gasteiger partial charge in [-0.1, -0.05) is 80.1 Å². The largest absolute Gasteiger partial charge is 0.0654 e. The summed E-state index contributed by atoms with van der Waals surface area (Å²) in [6, 6.07) is 0. The summed E-state index contributed by atoms with van der Waals surface area (Å²) in [5.74, 6) is 3.87. The zero-order chi connectivity index (χ0) is 13.8. The van der Waals surface area contributed by atoms with Gasteiger partial charge in [-0.25, -0.2) is 0 Å². The second kappa shape index (κ2) is 6.96. The Bertz CT molecular complexity index is 230. The number of hydrogen-bond donors (Lipinski definition) is 0. The molecule has 0 aromatic rings. The Balaban J connectivity index is 2.75. The first kappa shape index (κ1) is 16.1. The molecular weight excluding hydrogens is 216 g/mol. The lowest BCUT2D eigenvalue weighted by molar-refractivity contribution is 0.223. The summed E-state index contributed by atoms with van der Waals surface area (Å²) in [6.45, 7) is 14.5. The minimum absolute atomic E-state index is 0.716. The van der Waals surface area contributed by atoms with Gasteiger partial charge in [0.15, 0.2) is 0 Å². The molecule has 0 spiro atoms. The Morgan fingerprint density at radius 2 is 1.61 bits per heavy atom. The Morgan fingerprint density at radius 1 is 0.944 bits per heavy atom. The molecule has 18 heavy (non-hydrogen) atoms. The maximum Gasteiger partial charge on any atom is -0.0207 e. The number of unbranched alkanes of at least 4 members (excludes halogenated alkanes) is 2. The quantitative estimate of drug-likeness (QED) is 0.422. The standard InChI is InChI=1S/C18H36/c1-7-10-11-13-18(15(6)12-8-2)16(9-3)17(18)14(4)5/h14-17H,7-13H2,1-6H3. The summed E-state index contributed by atoms with van der Waals surface area (Å²) in [5.41, 5.74) is 0.716. The monoisotopic (exact) mass is 252 g/mol. The second-order valence-corrected chi connectivity index (χ2v) is 7.04. The van der Waals surface area contributed by atoms with Crippen LogP contribution in [0.25, 0.3) is 0 Å². The van der Waals surface area contributed by atoms with Gasteiger partial charge in [0.25, 0.3) is 0 Å². The Hall–Kier alpha value is 0. The summed E-state index contributed by atoms with van der Waals surface area (Å²) in [5, 5.41) is 0. The van der Waals surface area contributed by atoms with Crippen LogP contribution in [0.1, 0.15) is 86.5 Å². The third kappa shape index (κ3) is 2.94. The molecule has 0 aliphatic heterocycles. The van der Waals surface area contributed by atoms with Gasteiger partial charge in [0.2, 0.25) is 0 Å². The van der Waals surface area contributed by atoms with Crippen molar-refractivity contribution >= 4 is 0 Å². The molecule has 1 fully saturated rings. The molecule has 0 heteroatoms. The van der Waals surface area contributed by atoms with Crippen LogP contribution in [0.15, 0.2) is 0 Å². The molecule has 0 nitrogen and oxygen atoms in total. The Kier molecular flexibility index (Phi) is 6.21. The highest BCUT2D eigenvalue weighted by Crippen LogP contribution is 2.70. The summed E-state index contributed by atoms with van der Waals surface area (Å²) in [7, 11) is 0. The van der Waals surface area contributed by atoms with Crippen molar-refractivity contribution in [2.75, 3.05) is 0 Å². The minimum Gasteiger partial charge on any atom is -0.0654 e. The van der Waals surface area contributed by atoms with Gasteiger partial charge >= 0.3 is 0 Å². The molecule has 4 unspecified atom stereocenters. The molecule has 0 aromatic carbocycles. The van der Waals surface area contributed by atoms with E-state index in [0.29, 0.717) is 5.41 Å². The van der Waals surface area contributed by atoms with E-state index in [1.807, 2.05) is 0 Å². The fourth-order valence-electron chi connectivity index (χ4n) is 4.97. The van der Waals surface area contributed by atoms with Gasteiger partial charge in [-0.15, -0.1) is 0 Å². The minimum atomic E-state index is 0.716. The average Bonchev–Trinajstić information content (AvgIpc) is 2.99. The summed E-state index contributed by atoms with van der Waals surface area (Å²) in [4.78, 5) is 0. The third-order valence-corrected chi connectivity index (χ3v) is 5.65. The van der Waals surface area contributed by atoms with Crippen LogP contribution in [0.4, 0.5) is 0 Å². The van der Waals surface area contributed by atoms with Crippen LogP contribution >= 0.6 is 0 Å². The SMILES string of the molecule is CCCCCC1(C(C)CCC)C(CC)C1C(C)C. The van der Waals surface area contributed by atoms with E-state index in [1.54, 1.807) is 0 Å². The molecule has 0 radical (unpaired) electrons. The molecule has 1 aliphatic carbocycles. The molecule has 0 saturated heterocycles. The smallest absolute Gasteiger partial charge is 0.0207 e. The average molecular weight is 252 g/mol. The third-order valence-electron chi connectivity index (χ3n) is 5.65. The molecule has 0 heterocycles. The first-order valence-electron chi connectivity index (χ1n) is 8.56. The molecule has 4 atom stereocenters. The van der Waals surface area contributed by atoms with Gasteiger partial charge in [-0.3, -0.25) is 0 Å². The zero-order valence-electron chi connectivity index (χ0n) is 13.8. The fraction of sp³-hybridized carbons (Fsp3) is 1.00. The van der Waals surface area contributed by atoms with Crippen molar-refractivity contribution in [2.24, 2.45) is 29.1 Å². The zero-order valence-corrected chi connectivity index (χ0v) is 13.8. The van der Waals surface area contributed by atoms with Crippen LogP contribution in [0, 0.1) is 29.1 Å². The molecule has 1 rings (SSSR count). The molecule has 1 saturated carbocycles. The van der Waals surface area contributed by atoms with Crippen molar-refractivity contribution in [2.45, 2.75) is 86.5 Å². The summed E-state index contributed by atoms with van der Waals surface area (Å²) < 4.78 is 0. The molecule has 0 aromatic heterocycles. The van der Waals surface area contributed by atoms with E-state index < -0.39 is 0 Å². The first-order valence-corrected chi connectivity index (χ1v) is 8.56. The topological polar surface area (TPSA) is 0 Å². The Morgan fingerprint density at radius 3 is 2.00 bits per heavy atom. The van der Waals surface area contributed by atoms with Crippen molar-refractivity contribution in [3.8, 4) is 0 Å². The molecule has 0 N–H and O–H groups in total. The molecule has 0 amide bonds. The van der Waals surface area contributed by atoms with Crippen molar-refractivity contribution in [3.63, 3.8) is 0 Å². The van der Waals surface area contributed by atoms with E-state index in [-0.39, 0.29) is 0 Å². The normalized spacial score (nSPS) is 32.8. The molecular formula is C18H36. The predicted molar refractivity (Wildman–Crippen MR) is 82.8 cm³/mol. The van der Waals surface area contributed by atoms with Gasteiger partial charge in [-0.05, 0) is 35.5 Å². The fourth-order valence-corrected chi connectivity index (χ4v) is 4.97. The van der Waals surface area contributed by atoms with Crippen LogP contribution in [0.5, 0.6) is 0 Å². The van der Waals surface area contributed by atoms with E-state index in [1.165, 1.54) is 44.9 Å². The molecule has 1 aliphatic rings. The van der Waals surface area contributed by atoms with Crippen LogP contribution < -0.4 is 0 Å². The molecule has 108 valence electrons.